The van der Waals surface area contributed by atoms with E-state index in [0.29, 0.717) is 30.3 Å². The number of hydrogen-bond donors (Lipinski definition) is 1. The number of likely N-dealkylation sites (N-methyl/N-ethyl adjacent to an activating group) is 1. The minimum atomic E-state index is -0.0910. The zero-order valence-corrected chi connectivity index (χ0v) is 16.0. The van der Waals surface area contributed by atoms with Crippen molar-refractivity contribution in [1.29, 1.82) is 0 Å². The molecule has 1 fully saturated rings. The van der Waals surface area contributed by atoms with Crippen LogP contribution in [0.2, 0.25) is 0 Å². The number of fused-ring (bicyclic) bond motifs is 1. The van der Waals surface area contributed by atoms with Crippen LogP contribution in [0, 0.1) is 5.92 Å². The number of aromatic amines is 1. The van der Waals surface area contributed by atoms with E-state index in [1.54, 1.807) is 6.33 Å². The fourth-order valence-electron chi connectivity index (χ4n) is 3.74. The zero-order valence-electron chi connectivity index (χ0n) is 15.2. The van der Waals surface area contributed by atoms with Gasteiger partial charge in [-0.15, -0.1) is 11.6 Å². The predicted octanol–water partition coefficient (Wildman–Crippen LogP) is 2.67. The van der Waals surface area contributed by atoms with E-state index in [9.17, 15) is 4.79 Å². The molecule has 0 aromatic carbocycles. The van der Waals surface area contributed by atoms with Crippen LogP contribution in [0.4, 0.5) is 5.82 Å². The lowest BCUT2D eigenvalue weighted by atomic mass is 9.92. The molecule has 2 atom stereocenters. The molecule has 1 N–H and O–H groups in total. The van der Waals surface area contributed by atoms with Gasteiger partial charge in [-0.1, -0.05) is 12.1 Å². The zero-order chi connectivity index (χ0) is 19.0. The molecule has 1 aliphatic heterocycles. The van der Waals surface area contributed by atoms with Crippen molar-refractivity contribution in [2.24, 2.45) is 5.92 Å². The summed E-state index contributed by atoms with van der Waals surface area (Å²) in [5.74, 6) is 1.72. The number of H-pyrrole nitrogens is 1. The van der Waals surface area contributed by atoms with Crippen molar-refractivity contribution < 1.29 is 9.32 Å². The highest BCUT2D eigenvalue weighted by molar-refractivity contribution is 6.17. The molecule has 1 amide bonds. The van der Waals surface area contributed by atoms with Gasteiger partial charge in [0, 0.05) is 26.3 Å². The van der Waals surface area contributed by atoms with Crippen molar-refractivity contribution in [3.63, 3.8) is 0 Å². The molecule has 8 nitrogen and oxygen atoms in total. The van der Waals surface area contributed by atoms with Gasteiger partial charge in [0.15, 0.2) is 5.76 Å². The highest BCUT2D eigenvalue weighted by Crippen LogP contribution is 2.29. The molecule has 142 valence electrons. The van der Waals surface area contributed by atoms with E-state index in [1.165, 1.54) is 6.20 Å². The Kier molecular flexibility index (Phi) is 4.73. The molecule has 27 heavy (non-hydrogen) atoms. The van der Waals surface area contributed by atoms with E-state index in [1.807, 2.05) is 24.2 Å². The van der Waals surface area contributed by atoms with Crippen molar-refractivity contribution in [2.45, 2.75) is 25.3 Å². The number of aromatic nitrogens is 4. The van der Waals surface area contributed by atoms with Crippen molar-refractivity contribution in [3.8, 4) is 0 Å². The number of carbonyl (C=O) groups excluding carboxylic acids is 1. The van der Waals surface area contributed by atoms with Crippen LogP contribution in [0.1, 0.15) is 29.5 Å². The number of rotatable bonds is 4. The third-order valence-electron chi connectivity index (χ3n) is 5.37. The maximum atomic E-state index is 12.9. The van der Waals surface area contributed by atoms with Crippen molar-refractivity contribution in [1.82, 2.24) is 25.0 Å². The lowest BCUT2D eigenvalue weighted by Gasteiger charge is -2.42. The molecule has 1 aliphatic rings. The number of carbonyl (C=O) groups is 1. The molecule has 0 radical (unpaired) electrons. The lowest BCUT2D eigenvalue weighted by Crippen LogP contribution is -2.53. The number of amides is 1. The number of piperidine rings is 1. The van der Waals surface area contributed by atoms with Crippen LogP contribution < -0.4 is 4.90 Å². The Balaban J connectivity index is 1.59. The number of alkyl halides is 1. The summed E-state index contributed by atoms with van der Waals surface area (Å²) < 4.78 is 5.07. The first-order valence-electron chi connectivity index (χ1n) is 8.90. The summed E-state index contributed by atoms with van der Waals surface area (Å²) in [5.41, 5.74) is 1.25. The van der Waals surface area contributed by atoms with Gasteiger partial charge in [-0.2, -0.15) is 0 Å². The van der Waals surface area contributed by atoms with Gasteiger partial charge in [0.2, 0.25) is 0 Å². The second kappa shape index (κ2) is 7.19. The molecule has 3 aromatic rings. The molecule has 4 rings (SSSR count). The molecule has 1 saturated heterocycles. The first-order chi connectivity index (χ1) is 13.1. The average molecular weight is 389 g/mol. The van der Waals surface area contributed by atoms with Crippen LogP contribution >= 0.6 is 11.6 Å². The van der Waals surface area contributed by atoms with Gasteiger partial charge in [-0.05, 0) is 18.4 Å². The molecule has 0 bridgehead atoms. The number of likely N-dealkylation sites (tertiary alicyclic amines) is 1. The standard InChI is InChI=1S/C18H21ClN6O2/c1-11-4-6-25(18(26)13-8-23-27-15(13)7-19)9-14(11)24(2)17-12-3-5-20-16(12)21-10-22-17/h3,5,8,10-11,14H,4,6-7,9H2,1-2H3,(H,20,21,22). The van der Waals surface area contributed by atoms with E-state index >= 15 is 0 Å². The third kappa shape index (κ3) is 3.14. The Labute approximate surface area is 161 Å². The molecule has 0 aliphatic carbocycles. The van der Waals surface area contributed by atoms with Gasteiger partial charge in [0.25, 0.3) is 5.91 Å². The van der Waals surface area contributed by atoms with Crippen LogP contribution in [-0.4, -0.2) is 57.1 Å². The first kappa shape index (κ1) is 17.8. The molecule has 3 aromatic heterocycles. The summed E-state index contributed by atoms with van der Waals surface area (Å²) in [5, 5.41) is 4.69. The number of hydrogen-bond acceptors (Lipinski definition) is 6. The van der Waals surface area contributed by atoms with Gasteiger partial charge in [-0.25, -0.2) is 9.97 Å². The van der Waals surface area contributed by atoms with Crippen LogP contribution in [0.5, 0.6) is 0 Å². The van der Waals surface area contributed by atoms with Gasteiger partial charge in [-0.3, -0.25) is 4.79 Å². The average Bonchev–Trinajstić information content (AvgIpc) is 3.35. The fourth-order valence-corrected chi connectivity index (χ4v) is 3.93. The molecule has 4 heterocycles. The van der Waals surface area contributed by atoms with E-state index in [0.717, 1.165) is 23.3 Å². The molecule has 0 spiro atoms. The Hall–Kier alpha value is -2.61. The summed E-state index contributed by atoms with van der Waals surface area (Å²) in [6, 6.07) is 2.11. The van der Waals surface area contributed by atoms with Gasteiger partial charge < -0.3 is 19.3 Å². The second-order valence-corrected chi connectivity index (χ2v) is 7.20. The van der Waals surface area contributed by atoms with E-state index in [-0.39, 0.29) is 17.8 Å². The Bertz CT molecular complexity index is 954. The molecule has 2 unspecified atom stereocenters. The monoisotopic (exact) mass is 388 g/mol. The lowest BCUT2D eigenvalue weighted by molar-refractivity contribution is 0.0668. The summed E-state index contributed by atoms with van der Waals surface area (Å²) >= 11 is 5.85. The summed E-state index contributed by atoms with van der Waals surface area (Å²) in [7, 11) is 2.02. The first-order valence-corrected chi connectivity index (χ1v) is 9.43. The summed E-state index contributed by atoms with van der Waals surface area (Å²) in [6.07, 6.45) is 5.77. The number of halogens is 1. The van der Waals surface area contributed by atoms with Crippen molar-refractivity contribution in [3.05, 3.63) is 36.1 Å². The highest BCUT2D eigenvalue weighted by Gasteiger charge is 2.34. The van der Waals surface area contributed by atoms with Crippen LogP contribution in [-0.2, 0) is 5.88 Å². The van der Waals surface area contributed by atoms with Gasteiger partial charge >= 0.3 is 0 Å². The summed E-state index contributed by atoms with van der Waals surface area (Å²) in [4.78, 5) is 28.8. The molecular weight excluding hydrogens is 368 g/mol. The van der Waals surface area contributed by atoms with Crippen molar-refractivity contribution >= 4 is 34.4 Å². The third-order valence-corrected chi connectivity index (χ3v) is 5.61. The quantitative estimate of drug-likeness (QED) is 0.691. The molecule has 0 saturated carbocycles. The number of anilines is 1. The maximum Gasteiger partial charge on any atom is 0.259 e. The fraction of sp³-hybridized carbons (Fsp3) is 0.444. The number of nitrogens with one attached hydrogen (secondary N) is 1. The van der Waals surface area contributed by atoms with Crippen LogP contribution in [0.25, 0.3) is 11.0 Å². The molecule has 9 heteroatoms. The topological polar surface area (TPSA) is 91.2 Å². The highest BCUT2D eigenvalue weighted by atomic mass is 35.5. The van der Waals surface area contributed by atoms with Crippen LogP contribution in [0.15, 0.2) is 29.3 Å². The van der Waals surface area contributed by atoms with Crippen molar-refractivity contribution in [2.75, 3.05) is 25.0 Å². The largest absolute Gasteiger partial charge is 0.359 e. The Morgan fingerprint density at radius 2 is 2.33 bits per heavy atom. The van der Waals surface area contributed by atoms with E-state index in [2.05, 4.69) is 31.9 Å². The smallest absolute Gasteiger partial charge is 0.259 e. The van der Waals surface area contributed by atoms with E-state index in [4.69, 9.17) is 16.1 Å². The molecular formula is C18H21ClN6O2. The van der Waals surface area contributed by atoms with Gasteiger partial charge in [0.05, 0.1) is 23.5 Å². The number of nitrogens with zero attached hydrogens (tertiary/aromatic N) is 5. The maximum absolute atomic E-state index is 12.9. The summed E-state index contributed by atoms with van der Waals surface area (Å²) in [6.45, 7) is 3.50. The SMILES string of the molecule is CC1CCN(C(=O)c2cnoc2CCl)CC1N(C)c1ncnc2[nH]ccc12. The van der Waals surface area contributed by atoms with Crippen LogP contribution in [0.3, 0.4) is 0 Å². The Morgan fingerprint density at radius 3 is 3.15 bits per heavy atom. The van der Waals surface area contributed by atoms with E-state index < -0.39 is 0 Å². The second-order valence-electron chi connectivity index (χ2n) is 6.93. The normalized spacial score (nSPS) is 20.2. The minimum Gasteiger partial charge on any atom is -0.359 e. The minimum absolute atomic E-state index is 0.0910. The predicted molar refractivity (Wildman–Crippen MR) is 102 cm³/mol. The Morgan fingerprint density at radius 1 is 1.48 bits per heavy atom. The van der Waals surface area contributed by atoms with Gasteiger partial charge in [0.1, 0.15) is 23.4 Å².